The van der Waals surface area contributed by atoms with Gasteiger partial charge in [-0.05, 0) is 43.4 Å². The molecule has 3 aliphatic rings. The molecule has 26 heavy (non-hydrogen) atoms. The van der Waals surface area contributed by atoms with E-state index >= 15 is 0 Å². The van der Waals surface area contributed by atoms with Crippen molar-refractivity contribution in [3.8, 4) is 11.5 Å². The Balaban J connectivity index is 1.50. The Labute approximate surface area is 153 Å². The highest BCUT2D eigenvalue weighted by Gasteiger charge is 2.43. The second-order valence-electron chi connectivity index (χ2n) is 7.42. The predicted molar refractivity (Wildman–Crippen MR) is 96.4 cm³/mol. The number of carbonyl (C=O) groups is 2. The lowest BCUT2D eigenvalue weighted by Gasteiger charge is -2.30. The monoisotopic (exact) mass is 358 g/mol. The van der Waals surface area contributed by atoms with E-state index in [1.165, 1.54) is 0 Å². The van der Waals surface area contributed by atoms with E-state index in [9.17, 15) is 9.59 Å². The third kappa shape index (κ3) is 3.13. The zero-order chi connectivity index (χ0) is 18.0. The van der Waals surface area contributed by atoms with Crippen LogP contribution in [0.3, 0.4) is 0 Å². The summed E-state index contributed by atoms with van der Waals surface area (Å²) in [6, 6.07) is 5.81. The number of rotatable bonds is 4. The van der Waals surface area contributed by atoms with Crippen molar-refractivity contribution >= 4 is 11.8 Å². The molecule has 1 aliphatic carbocycles. The fourth-order valence-corrected chi connectivity index (χ4v) is 4.37. The number of nitrogens with one attached hydrogen (secondary N) is 1. The van der Waals surface area contributed by atoms with Gasteiger partial charge in [0.25, 0.3) is 0 Å². The molecule has 1 saturated heterocycles. The highest BCUT2D eigenvalue weighted by atomic mass is 16.6. The van der Waals surface area contributed by atoms with Gasteiger partial charge in [0.05, 0.1) is 12.0 Å². The number of ether oxygens (including phenoxy) is 2. The Bertz CT molecular complexity index is 691. The van der Waals surface area contributed by atoms with E-state index in [2.05, 4.69) is 5.32 Å². The molecule has 0 unspecified atom stereocenters. The van der Waals surface area contributed by atoms with E-state index < -0.39 is 5.41 Å². The van der Waals surface area contributed by atoms with Crippen molar-refractivity contribution in [2.45, 2.75) is 43.9 Å². The van der Waals surface area contributed by atoms with Gasteiger partial charge in [0.1, 0.15) is 13.2 Å². The van der Waals surface area contributed by atoms with Crippen LogP contribution in [0.4, 0.5) is 0 Å². The molecular weight excluding hydrogens is 332 g/mol. The first-order valence-corrected chi connectivity index (χ1v) is 9.65. The molecule has 6 nitrogen and oxygen atoms in total. The van der Waals surface area contributed by atoms with Gasteiger partial charge in [-0.15, -0.1) is 0 Å². The van der Waals surface area contributed by atoms with Gasteiger partial charge in [0.2, 0.25) is 11.8 Å². The Morgan fingerprint density at radius 2 is 1.69 bits per heavy atom. The van der Waals surface area contributed by atoms with Gasteiger partial charge in [0.15, 0.2) is 11.5 Å². The average molecular weight is 358 g/mol. The minimum Gasteiger partial charge on any atom is -0.486 e. The number of benzene rings is 1. The minimum absolute atomic E-state index is 0.0196. The number of hydrogen-bond donors (Lipinski definition) is 1. The topological polar surface area (TPSA) is 67.9 Å². The molecule has 0 radical (unpaired) electrons. The minimum atomic E-state index is -0.568. The molecule has 2 fully saturated rings. The van der Waals surface area contributed by atoms with Crippen molar-refractivity contribution in [3.05, 3.63) is 23.8 Å². The molecule has 1 saturated carbocycles. The first-order chi connectivity index (χ1) is 12.7. The molecule has 2 heterocycles. The quantitative estimate of drug-likeness (QED) is 0.894. The predicted octanol–water partition coefficient (Wildman–Crippen LogP) is 2.01. The maximum Gasteiger partial charge on any atom is 0.241 e. The fraction of sp³-hybridized carbons (Fsp3) is 0.600. The van der Waals surface area contributed by atoms with E-state index in [0.29, 0.717) is 19.0 Å². The fourth-order valence-electron chi connectivity index (χ4n) is 4.37. The molecule has 1 N–H and O–H groups in total. The standard InChI is InChI=1S/C20H26N2O4/c23-18(22-9-3-4-10-22)14-21-19(24)20(7-1-2-8-20)15-5-6-16-17(13-15)26-12-11-25-16/h5-6,13H,1-4,7-12,14H2,(H,21,24). The van der Waals surface area contributed by atoms with Crippen LogP contribution in [0.5, 0.6) is 11.5 Å². The van der Waals surface area contributed by atoms with Crippen LogP contribution < -0.4 is 14.8 Å². The third-order valence-electron chi connectivity index (χ3n) is 5.85. The van der Waals surface area contributed by atoms with E-state index in [-0.39, 0.29) is 18.4 Å². The molecule has 4 rings (SSSR count). The summed E-state index contributed by atoms with van der Waals surface area (Å²) in [7, 11) is 0. The summed E-state index contributed by atoms with van der Waals surface area (Å²) in [5.74, 6) is 1.42. The molecule has 0 spiro atoms. The molecule has 0 aromatic heterocycles. The van der Waals surface area contributed by atoms with E-state index in [1.54, 1.807) is 0 Å². The Morgan fingerprint density at radius 1 is 1.00 bits per heavy atom. The van der Waals surface area contributed by atoms with Gasteiger partial charge < -0.3 is 19.7 Å². The third-order valence-corrected chi connectivity index (χ3v) is 5.85. The Hall–Kier alpha value is -2.24. The highest BCUT2D eigenvalue weighted by molar-refractivity contribution is 5.92. The number of fused-ring (bicyclic) bond motifs is 1. The lowest BCUT2D eigenvalue weighted by Crippen LogP contribution is -2.46. The van der Waals surface area contributed by atoms with Crippen LogP contribution in [-0.2, 0) is 15.0 Å². The van der Waals surface area contributed by atoms with Gasteiger partial charge in [0, 0.05) is 13.1 Å². The van der Waals surface area contributed by atoms with Crippen LogP contribution >= 0.6 is 0 Å². The number of carbonyl (C=O) groups excluding carboxylic acids is 2. The van der Waals surface area contributed by atoms with Gasteiger partial charge in [-0.3, -0.25) is 9.59 Å². The Kier molecular flexibility index (Phi) is 4.74. The van der Waals surface area contributed by atoms with Crippen LogP contribution in [0.15, 0.2) is 18.2 Å². The molecule has 1 aromatic rings. The second kappa shape index (κ2) is 7.17. The first kappa shape index (κ1) is 17.2. The lowest BCUT2D eigenvalue weighted by molar-refractivity contribution is -0.133. The maximum absolute atomic E-state index is 13.1. The normalized spacial score (nSPS) is 20.8. The van der Waals surface area contributed by atoms with Crippen LogP contribution in [0.25, 0.3) is 0 Å². The van der Waals surface area contributed by atoms with Crippen molar-refractivity contribution in [1.29, 1.82) is 0 Å². The van der Waals surface area contributed by atoms with Crippen molar-refractivity contribution in [2.24, 2.45) is 0 Å². The van der Waals surface area contributed by atoms with Gasteiger partial charge in [-0.2, -0.15) is 0 Å². The molecule has 0 bridgehead atoms. The van der Waals surface area contributed by atoms with Crippen molar-refractivity contribution in [1.82, 2.24) is 10.2 Å². The zero-order valence-corrected chi connectivity index (χ0v) is 15.1. The van der Waals surface area contributed by atoms with Crippen molar-refractivity contribution < 1.29 is 19.1 Å². The summed E-state index contributed by atoms with van der Waals surface area (Å²) in [6.07, 6.45) is 5.75. The second-order valence-corrected chi connectivity index (χ2v) is 7.42. The molecule has 6 heteroatoms. The van der Waals surface area contributed by atoms with Gasteiger partial charge >= 0.3 is 0 Å². The molecule has 2 amide bonds. The summed E-state index contributed by atoms with van der Waals surface area (Å²) in [5, 5.41) is 2.92. The molecular formula is C20H26N2O4. The summed E-state index contributed by atoms with van der Waals surface area (Å²) in [4.78, 5) is 27.2. The summed E-state index contributed by atoms with van der Waals surface area (Å²) in [6.45, 7) is 2.78. The SMILES string of the molecule is O=C(CNC(=O)C1(c2ccc3c(c2)OCCO3)CCCC1)N1CCCC1. The molecule has 140 valence electrons. The van der Waals surface area contributed by atoms with E-state index in [4.69, 9.17) is 9.47 Å². The largest absolute Gasteiger partial charge is 0.486 e. The number of likely N-dealkylation sites (tertiary alicyclic amines) is 1. The highest BCUT2D eigenvalue weighted by Crippen LogP contribution is 2.44. The summed E-state index contributed by atoms with van der Waals surface area (Å²) in [5.41, 5.74) is 0.395. The summed E-state index contributed by atoms with van der Waals surface area (Å²) >= 11 is 0. The van der Waals surface area contributed by atoms with Gasteiger partial charge in [-0.1, -0.05) is 18.9 Å². The zero-order valence-electron chi connectivity index (χ0n) is 15.1. The van der Waals surface area contributed by atoms with Crippen molar-refractivity contribution in [3.63, 3.8) is 0 Å². The smallest absolute Gasteiger partial charge is 0.241 e. The van der Waals surface area contributed by atoms with E-state index in [1.807, 2.05) is 23.1 Å². The molecule has 1 aromatic carbocycles. The van der Waals surface area contributed by atoms with Crippen LogP contribution in [-0.4, -0.2) is 49.6 Å². The molecule has 0 atom stereocenters. The van der Waals surface area contributed by atoms with Gasteiger partial charge in [-0.25, -0.2) is 0 Å². The van der Waals surface area contributed by atoms with E-state index in [0.717, 1.165) is 62.9 Å². The number of nitrogens with zero attached hydrogens (tertiary/aromatic N) is 1. The number of hydrogen-bond acceptors (Lipinski definition) is 4. The van der Waals surface area contributed by atoms with Crippen molar-refractivity contribution in [2.75, 3.05) is 32.8 Å². The molecule has 2 aliphatic heterocycles. The lowest BCUT2D eigenvalue weighted by atomic mass is 9.77. The maximum atomic E-state index is 13.1. The summed E-state index contributed by atoms with van der Waals surface area (Å²) < 4.78 is 11.3. The Morgan fingerprint density at radius 3 is 2.42 bits per heavy atom. The first-order valence-electron chi connectivity index (χ1n) is 9.65. The number of amides is 2. The van der Waals surface area contributed by atoms with Crippen LogP contribution in [0, 0.1) is 0 Å². The van der Waals surface area contributed by atoms with Crippen LogP contribution in [0.1, 0.15) is 44.1 Å². The van der Waals surface area contributed by atoms with Crippen LogP contribution in [0.2, 0.25) is 0 Å². The average Bonchev–Trinajstić information content (AvgIpc) is 3.38.